The molecule has 5 heteroatoms. The van der Waals surface area contributed by atoms with Crippen molar-refractivity contribution in [3.05, 3.63) is 33.9 Å². The predicted molar refractivity (Wildman–Crippen MR) is 73.0 cm³/mol. The van der Waals surface area contributed by atoms with Gasteiger partial charge in [0.15, 0.2) is 0 Å². The van der Waals surface area contributed by atoms with E-state index in [1.54, 1.807) is 19.1 Å². The van der Waals surface area contributed by atoms with E-state index in [2.05, 4.69) is 5.32 Å². The quantitative estimate of drug-likeness (QED) is 0.670. The lowest BCUT2D eigenvalue weighted by atomic mass is 9.88. The van der Waals surface area contributed by atoms with Crippen LogP contribution < -0.4 is 5.32 Å². The first-order valence-electron chi connectivity index (χ1n) is 6.64. The average Bonchev–Trinajstić information content (AvgIpc) is 2.39. The van der Waals surface area contributed by atoms with Crippen molar-refractivity contribution in [2.75, 3.05) is 5.32 Å². The summed E-state index contributed by atoms with van der Waals surface area (Å²) in [6.45, 7) is 1.67. The van der Waals surface area contributed by atoms with E-state index in [0.29, 0.717) is 11.3 Å². The summed E-state index contributed by atoms with van der Waals surface area (Å²) in [5.74, 6) is 0.122. The molecule has 1 aromatic rings. The molecule has 102 valence electrons. The van der Waals surface area contributed by atoms with Crippen LogP contribution in [0.2, 0.25) is 0 Å². The molecule has 19 heavy (non-hydrogen) atoms. The Labute approximate surface area is 112 Å². The molecular weight excluding hydrogens is 244 g/mol. The van der Waals surface area contributed by atoms with E-state index in [-0.39, 0.29) is 17.5 Å². The van der Waals surface area contributed by atoms with Crippen LogP contribution in [-0.4, -0.2) is 10.8 Å². The first kappa shape index (κ1) is 13.5. The van der Waals surface area contributed by atoms with Crippen LogP contribution in [0.3, 0.4) is 0 Å². The maximum Gasteiger partial charge on any atom is 0.272 e. The number of nitrogens with one attached hydrogen (secondary N) is 1. The standard InChI is InChI=1S/C14H18N2O3/c1-10-9-12(7-8-13(10)16(18)19)15-14(17)11-5-3-2-4-6-11/h7-9,11H,2-6H2,1H3,(H,15,17). The van der Waals surface area contributed by atoms with Crippen LogP contribution in [0.25, 0.3) is 0 Å². The molecule has 5 nitrogen and oxygen atoms in total. The predicted octanol–water partition coefficient (Wildman–Crippen LogP) is 3.42. The van der Waals surface area contributed by atoms with Crippen molar-refractivity contribution in [1.29, 1.82) is 0 Å². The lowest BCUT2D eigenvalue weighted by Crippen LogP contribution is -2.24. The fourth-order valence-electron chi connectivity index (χ4n) is 2.55. The number of nitrogens with zero attached hydrogens (tertiary/aromatic N) is 1. The molecule has 1 fully saturated rings. The van der Waals surface area contributed by atoms with Gasteiger partial charge in [-0.1, -0.05) is 19.3 Å². The summed E-state index contributed by atoms with van der Waals surface area (Å²) in [6, 6.07) is 4.68. The van der Waals surface area contributed by atoms with Crippen LogP contribution >= 0.6 is 0 Å². The molecule has 1 amide bonds. The van der Waals surface area contributed by atoms with Crippen LogP contribution in [-0.2, 0) is 4.79 Å². The third-order valence-corrected chi connectivity index (χ3v) is 3.64. The number of rotatable bonds is 3. The largest absolute Gasteiger partial charge is 0.326 e. The van der Waals surface area contributed by atoms with Crippen LogP contribution in [0.4, 0.5) is 11.4 Å². The topological polar surface area (TPSA) is 72.2 Å². The SMILES string of the molecule is Cc1cc(NC(=O)C2CCCCC2)ccc1[N+](=O)[O-]. The van der Waals surface area contributed by atoms with Gasteiger partial charge < -0.3 is 5.32 Å². The molecule has 0 saturated heterocycles. The zero-order valence-electron chi connectivity index (χ0n) is 11.0. The highest BCUT2D eigenvalue weighted by Crippen LogP contribution is 2.26. The molecule has 1 aromatic carbocycles. The van der Waals surface area contributed by atoms with E-state index >= 15 is 0 Å². The van der Waals surface area contributed by atoms with Crippen molar-refractivity contribution >= 4 is 17.3 Å². The van der Waals surface area contributed by atoms with Gasteiger partial charge in [0.2, 0.25) is 5.91 Å². The van der Waals surface area contributed by atoms with Gasteiger partial charge in [-0.05, 0) is 31.9 Å². The van der Waals surface area contributed by atoms with E-state index in [1.807, 2.05) is 0 Å². The zero-order valence-corrected chi connectivity index (χ0v) is 11.0. The molecule has 1 saturated carbocycles. The summed E-state index contributed by atoms with van der Waals surface area (Å²) < 4.78 is 0. The molecule has 0 unspecified atom stereocenters. The Morgan fingerprint density at radius 3 is 2.58 bits per heavy atom. The van der Waals surface area contributed by atoms with Crippen molar-refractivity contribution in [3.8, 4) is 0 Å². The van der Waals surface area contributed by atoms with Gasteiger partial charge in [-0.15, -0.1) is 0 Å². The van der Waals surface area contributed by atoms with Crippen molar-refractivity contribution in [2.45, 2.75) is 39.0 Å². The third kappa shape index (κ3) is 3.30. The van der Waals surface area contributed by atoms with E-state index in [0.717, 1.165) is 25.7 Å². The second-order valence-corrected chi connectivity index (χ2v) is 5.08. The van der Waals surface area contributed by atoms with Gasteiger partial charge >= 0.3 is 0 Å². The third-order valence-electron chi connectivity index (χ3n) is 3.64. The molecule has 0 heterocycles. The minimum atomic E-state index is -0.415. The van der Waals surface area contributed by atoms with Crippen LogP contribution in [0.1, 0.15) is 37.7 Å². The van der Waals surface area contributed by atoms with E-state index in [4.69, 9.17) is 0 Å². The van der Waals surface area contributed by atoms with Crippen LogP contribution in [0, 0.1) is 23.0 Å². The molecular formula is C14H18N2O3. The number of hydrogen-bond acceptors (Lipinski definition) is 3. The second-order valence-electron chi connectivity index (χ2n) is 5.08. The molecule has 0 bridgehead atoms. The summed E-state index contributed by atoms with van der Waals surface area (Å²) in [5, 5.41) is 13.6. The van der Waals surface area contributed by atoms with Gasteiger partial charge in [0.25, 0.3) is 5.69 Å². The molecule has 0 atom stereocenters. The van der Waals surface area contributed by atoms with Gasteiger partial charge in [-0.25, -0.2) is 0 Å². The van der Waals surface area contributed by atoms with Gasteiger partial charge in [0.05, 0.1) is 4.92 Å². The minimum absolute atomic E-state index is 0.0351. The lowest BCUT2D eigenvalue weighted by molar-refractivity contribution is -0.385. The average molecular weight is 262 g/mol. The molecule has 1 aliphatic carbocycles. The smallest absolute Gasteiger partial charge is 0.272 e. The lowest BCUT2D eigenvalue weighted by Gasteiger charge is -2.20. The highest BCUT2D eigenvalue weighted by Gasteiger charge is 2.21. The van der Waals surface area contributed by atoms with E-state index in [1.165, 1.54) is 12.5 Å². The summed E-state index contributed by atoms with van der Waals surface area (Å²) in [4.78, 5) is 22.4. The van der Waals surface area contributed by atoms with E-state index < -0.39 is 4.92 Å². The number of amides is 1. The number of nitro benzene ring substituents is 1. The van der Waals surface area contributed by atoms with E-state index in [9.17, 15) is 14.9 Å². The van der Waals surface area contributed by atoms with Crippen molar-refractivity contribution in [3.63, 3.8) is 0 Å². The summed E-state index contributed by atoms with van der Waals surface area (Å²) in [6.07, 6.45) is 5.31. The van der Waals surface area contributed by atoms with Gasteiger partial charge in [0.1, 0.15) is 0 Å². The van der Waals surface area contributed by atoms with Crippen molar-refractivity contribution in [1.82, 2.24) is 0 Å². The Kier molecular flexibility index (Phi) is 4.14. The Hall–Kier alpha value is -1.91. The zero-order chi connectivity index (χ0) is 13.8. The maximum absolute atomic E-state index is 12.1. The highest BCUT2D eigenvalue weighted by atomic mass is 16.6. The fourth-order valence-corrected chi connectivity index (χ4v) is 2.55. The molecule has 1 aliphatic rings. The highest BCUT2D eigenvalue weighted by molar-refractivity contribution is 5.92. The minimum Gasteiger partial charge on any atom is -0.326 e. The Morgan fingerprint density at radius 2 is 2.00 bits per heavy atom. The number of benzene rings is 1. The fraction of sp³-hybridized carbons (Fsp3) is 0.500. The Bertz CT molecular complexity index is 493. The number of aryl methyl sites for hydroxylation is 1. The van der Waals surface area contributed by atoms with Crippen LogP contribution in [0.15, 0.2) is 18.2 Å². The molecule has 1 N–H and O–H groups in total. The van der Waals surface area contributed by atoms with Crippen molar-refractivity contribution in [2.24, 2.45) is 5.92 Å². The van der Waals surface area contributed by atoms with Gasteiger partial charge in [0, 0.05) is 23.2 Å². The normalized spacial score (nSPS) is 16.1. The number of hydrogen-bond donors (Lipinski definition) is 1. The van der Waals surface area contributed by atoms with Crippen LogP contribution in [0.5, 0.6) is 0 Å². The summed E-state index contributed by atoms with van der Waals surface area (Å²) in [7, 11) is 0. The molecule has 0 spiro atoms. The van der Waals surface area contributed by atoms with Gasteiger partial charge in [-0.3, -0.25) is 14.9 Å². The second kappa shape index (κ2) is 5.82. The Balaban J connectivity index is 2.04. The molecule has 0 radical (unpaired) electrons. The number of anilines is 1. The number of carbonyl (C=O) groups is 1. The van der Waals surface area contributed by atoms with Crippen molar-refractivity contribution < 1.29 is 9.72 Å². The van der Waals surface area contributed by atoms with Gasteiger partial charge in [-0.2, -0.15) is 0 Å². The summed E-state index contributed by atoms with van der Waals surface area (Å²) in [5.41, 5.74) is 1.28. The number of nitro groups is 1. The first-order chi connectivity index (χ1) is 9.08. The molecule has 0 aliphatic heterocycles. The first-order valence-corrected chi connectivity index (χ1v) is 6.64. The number of carbonyl (C=O) groups excluding carboxylic acids is 1. The Morgan fingerprint density at radius 1 is 1.32 bits per heavy atom. The molecule has 0 aromatic heterocycles. The summed E-state index contributed by atoms with van der Waals surface area (Å²) >= 11 is 0. The monoisotopic (exact) mass is 262 g/mol. The molecule has 2 rings (SSSR count). The maximum atomic E-state index is 12.1.